The smallest absolute Gasteiger partial charge is 0.189 e. The van der Waals surface area contributed by atoms with Crippen molar-refractivity contribution in [1.82, 2.24) is 0 Å². The van der Waals surface area contributed by atoms with E-state index in [2.05, 4.69) is 6.58 Å². The standard InChI is InChI=1S/C20H24O4S/c1-2-18-10-12-20(13-11-18)25(21)24-15-7-6-14-22-17-23-16-19-8-4-3-5-9-19/h2-5,8-13H,1,6-7,14-17H2. The second-order valence-electron chi connectivity index (χ2n) is 5.40. The Morgan fingerprint density at radius 3 is 2.36 bits per heavy atom. The van der Waals surface area contributed by atoms with Crippen molar-refractivity contribution in [1.29, 1.82) is 0 Å². The normalized spacial score (nSPS) is 12.0. The van der Waals surface area contributed by atoms with Gasteiger partial charge in [-0.05, 0) is 36.1 Å². The van der Waals surface area contributed by atoms with E-state index in [9.17, 15) is 4.21 Å². The molecule has 134 valence electrons. The zero-order valence-electron chi connectivity index (χ0n) is 14.3. The van der Waals surface area contributed by atoms with Crippen molar-refractivity contribution < 1.29 is 17.9 Å². The van der Waals surface area contributed by atoms with Crippen molar-refractivity contribution in [2.24, 2.45) is 0 Å². The van der Waals surface area contributed by atoms with Crippen LogP contribution in [0.25, 0.3) is 6.08 Å². The van der Waals surface area contributed by atoms with Gasteiger partial charge in [0.05, 0.1) is 18.1 Å². The molecule has 0 bridgehead atoms. The first-order valence-corrected chi connectivity index (χ1v) is 9.34. The zero-order valence-corrected chi connectivity index (χ0v) is 15.1. The number of hydrogen-bond donors (Lipinski definition) is 0. The molecule has 1 atom stereocenters. The lowest BCUT2D eigenvalue weighted by Crippen LogP contribution is -2.04. The lowest BCUT2D eigenvalue weighted by Gasteiger charge is -2.06. The van der Waals surface area contributed by atoms with Crippen LogP contribution in [0.1, 0.15) is 24.0 Å². The summed E-state index contributed by atoms with van der Waals surface area (Å²) in [6, 6.07) is 17.3. The Hall–Kier alpha value is -1.79. The van der Waals surface area contributed by atoms with Crippen LogP contribution in [0.3, 0.4) is 0 Å². The largest absolute Gasteiger partial charge is 0.355 e. The van der Waals surface area contributed by atoms with E-state index in [1.54, 1.807) is 18.2 Å². The van der Waals surface area contributed by atoms with Gasteiger partial charge in [0.15, 0.2) is 11.1 Å². The van der Waals surface area contributed by atoms with Crippen LogP contribution in [0.2, 0.25) is 0 Å². The van der Waals surface area contributed by atoms with Gasteiger partial charge in [0, 0.05) is 6.61 Å². The second kappa shape index (κ2) is 11.7. The Kier molecular flexibility index (Phi) is 9.15. The Morgan fingerprint density at radius 2 is 1.64 bits per heavy atom. The molecule has 0 aliphatic rings. The van der Waals surface area contributed by atoms with Gasteiger partial charge in [0.2, 0.25) is 0 Å². The average Bonchev–Trinajstić information content (AvgIpc) is 2.67. The SMILES string of the molecule is C=Cc1ccc(S(=O)OCCCCOCOCc2ccccc2)cc1. The van der Waals surface area contributed by atoms with Gasteiger partial charge in [-0.15, -0.1) is 0 Å². The van der Waals surface area contributed by atoms with Crippen molar-refractivity contribution >= 4 is 17.2 Å². The summed E-state index contributed by atoms with van der Waals surface area (Å²) in [6.45, 7) is 5.54. The Balaban J connectivity index is 1.47. The van der Waals surface area contributed by atoms with Crippen molar-refractivity contribution in [3.8, 4) is 0 Å². The van der Waals surface area contributed by atoms with Crippen LogP contribution in [0.15, 0.2) is 66.1 Å². The second-order valence-corrected chi connectivity index (χ2v) is 6.57. The summed E-state index contributed by atoms with van der Waals surface area (Å²) in [7, 11) is 0. The van der Waals surface area contributed by atoms with Gasteiger partial charge in [0.25, 0.3) is 0 Å². The summed E-state index contributed by atoms with van der Waals surface area (Å²) in [4.78, 5) is 0.663. The highest BCUT2D eigenvalue weighted by Crippen LogP contribution is 2.11. The van der Waals surface area contributed by atoms with E-state index < -0.39 is 11.1 Å². The third-order valence-corrected chi connectivity index (χ3v) is 4.50. The topological polar surface area (TPSA) is 44.8 Å². The van der Waals surface area contributed by atoms with E-state index in [-0.39, 0.29) is 6.79 Å². The number of rotatable bonds is 12. The van der Waals surface area contributed by atoms with E-state index >= 15 is 0 Å². The summed E-state index contributed by atoms with van der Waals surface area (Å²) in [5.41, 5.74) is 2.12. The molecular weight excluding hydrogens is 336 g/mol. The summed E-state index contributed by atoms with van der Waals surface area (Å²) >= 11 is -1.42. The number of hydrogen-bond acceptors (Lipinski definition) is 4. The maximum Gasteiger partial charge on any atom is 0.189 e. The lowest BCUT2D eigenvalue weighted by molar-refractivity contribution is -0.0625. The molecule has 1 unspecified atom stereocenters. The van der Waals surface area contributed by atoms with Gasteiger partial charge < -0.3 is 9.47 Å². The minimum atomic E-state index is -1.42. The molecule has 0 amide bonds. The van der Waals surface area contributed by atoms with Crippen LogP contribution in [0, 0.1) is 0 Å². The van der Waals surface area contributed by atoms with Gasteiger partial charge in [0.1, 0.15) is 6.79 Å². The highest BCUT2D eigenvalue weighted by molar-refractivity contribution is 7.80. The van der Waals surface area contributed by atoms with E-state index in [0.29, 0.717) is 24.7 Å². The summed E-state index contributed by atoms with van der Waals surface area (Å²) in [5.74, 6) is 0. The molecule has 2 aromatic rings. The van der Waals surface area contributed by atoms with E-state index in [4.69, 9.17) is 13.7 Å². The molecule has 0 aliphatic carbocycles. The first-order valence-electron chi connectivity index (χ1n) is 8.26. The molecule has 0 heterocycles. The quantitative estimate of drug-likeness (QED) is 0.417. The summed E-state index contributed by atoms with van der Waals surface area (Å²) in [5, 5.41) is 0. The molecule has 2 aromatic carbocycles. The first-order chi connectivity index (χ1) is 12.3. The van der Waals surface area contributed by atoms with Crippen molar-refractivity contribution in [3.05, 3.63) is 72.3 Å². The van der Waals surface area contributed by atoms with Crippen LogP contribution in [-0.2, 0) is 31.3 Å². The summed E-state index contributed by atoms with van der Waals surface area (Å²) < 4.78 is 28.2. The Bertz CT molecular complexity index is 641. The molecule has 2 rings (SSSR count). The minimum Gasteiger partial charge on any atom is -0.355 e. The maximum absolute atomic E-state index is 12.0. The maximum atomic E-state index is 12.0. The van der Waals surface area contributed by atoms with E-state index in [1.165, 1.54) is 0 Å². The predicted molar refractivity (Wildman–Crippen MR) is 100 cm³/mol. The van der Waals surface area contributed by atoms with Gasteiger partial charge in [-0.3, -0.25) is 4.18 Å². The number of unbranched alkanes of at least 4 members (excludes halogenated alkanes) is 1. The monoisotopic (exact) mass is 360 g/mol. The third kappa shape index (κ3) is 7.75. The average molecular weight is 360 g/mol. The Morgan fingerprint density at radius 1 is 0.920 bits per heavy atom. The fraction of sp³-hybridized carbons (Fsp3) is 0.300. The number of ether oxygens (including phenoxy) is 2. The summed E-state index contributed by atoms with van der Waals surface area (Å²) in [6.07, 6.45) is 3.37. The molecule has 0 N–H and O–H groups in total. The molecule has 0 saturated heterocycles. The molecule has 5 heteroatoms. The molecule has 0 aliphatic heterocycles. The van der Waals surface area contributed by atoms with E-state index in [0.717, 1.165) is 24.0 Å². The van der Waals surface area contributed by atoms with Gasteiger partial charge in [-0.1, -0.05) is 55.1 Å². The molecule has 0 saturated carbocycles. The highest BCUT2D eigenvalue weighted by atomic mass is 32.2. The molecule has 0 aromatic heterocycles. The zero-order chi connectivity index (χ0) is 17.7. The lowest BCUT2D eigenvalue weighted by atomic mass is 10.2. The van der Waals surface area contributed by atoms with Crippen molar-refractivity contribution in [2.45, 2.75) is 24.3 Å². The van der Waals surface area contributed by atoms with Crippen LogP contribution in [-0.4, -0.2) is 24.2 Å². The van der Waals surface area contributed by atoms with Crippen molar-refractivity contribution in [3.63, 3.8) is 0 Å². The van der Waals surface area contributed by atoms with Crippen LogP contribution < -0.4 is 0 Å². The molecule has 0 radical (unpaired) electrons. The fourth-order valence-corrected chi connectivity index (χ4v) is 2.84. The predicted octanol–water partition coefficient (Wildman–Crippen LogP) is 4.34. The highest BCUT2D eigenvalue weighted by Gasteiger charge is 2.04. The van der Waals surface area contributed by atoms with Crippen LogP contribution >= 0.6 is 0 Å². The van der Waals surface area contributed by atoms with Gasteiger partial charge >= 0.3 is 0 Å². The van der Waals surface area contributed by atoms with Gasteiger partial charge in [-0.25, -0.2) is 4.21 Å². The Labute approximate surface area is 152 Å². The first kappa shape index (κ1) is 19.5. The van der Waals surface area contributed by atoms with Crippen molar-refractivity contribution in [2.75, 3.05) is 20.0 Å². The van der Waals surface area contributed by atoms with Gasteiger partial charge in [-0.2, -0.15) is 0 Å². The number of benzene rings is 2. The van der Waals surface area contributed by atoms with Crippen LogP contribution in [0.4, 0.5) is 0 Å². The molecule has 4 nitrogen and oxygen atoms in total. The third-order valence-electron chi connectivity index (χ3n) is 3.46. The molecule has 25 heavy (non-hydrogen) atoms. The van der Waals surface area contributed by atoms with Crippen LogP contribution in [0.5, 0.6) is 0 Å². The fourth-order valence-electron chi connectivity index (χ4n) is 2.08. The molecular formula is C20H24O4S. The van der Waals surface area contributed by atoms with E-state index in [1.807, 2.05) is 42.5 Å². The molecule has 0 spiro atoms. The minimum absolute atomic E-state index is 0.275. The molecule has 0 fully saturated rings.